The summed E-state index contributed by atoms with van der Waals surface area (Å²) in [5.74, 6) is -0.951. The van der Waals surface area contributed by atoms with Gasteiger partial charge in [0.15, 0.2) is 0 Å². The number of nitrogens with two attached hydrogens (primary N) is 1. The molecule has 0 aliphatic heterocycles. The number of hydrogen-bond acceptors (Lipinski definition) is 3. The van der Waals surface area contributed by atoms with E-state index in [4.69, 9.17) is 10.8 Å². The third-order valence-corrected chi connectivity index (χ3v) is 3.80. The normalized spacial score (nSPS) is 10.3. The Labute approximate surface area is 117 Å². The number of anilines is 1. The third-order valence-electron chi connectivity index (χ3n) is 2.26. The first-order valence-electron chi connectivity index (χ1n) is 5.12. The van der Waals surface area contributed by atoms with Crippen molar-refractivity contribution in [2.24, 2.45) is 0 Å². The van der Waals surface area contributed by atoms with Gasteiger partial charge >= 0.3 is 5.97 Å². The summed E-state index contributed by atoms with van der Waals surface area (Å²) >= 11 is 4.76. The summed E-state index contributed by atoms with van der Waals surface area (Å²) in [6.07, 6.45) is 0. The molecule has 18 heavy (non-hydrogen) atoms. The van der Waals surface area contributed by atoms with Gasteiger partial charge in [0.25, 0.3) is 0 Å². The van der Waals surface area contributed by atoms with Crippen molar-refractivity contribution in [2.75, 3.05) is 5.73 Å². The minimum atomic E-state index is -0.951. The van der Waals surface area contributed by atoms with Crippen molar-refractivity contribution in [2.45, 2.75) is 9.79 Å². The molecule has 0 fully saturated rings. The van der Waals surface area contributed by atoms with E-state index in [0.29, 0.717) is 10.6 Å². The van der Waals surface area contributed by atoms with E-state index in [2.05, 4.69) is 15.9 Å². The van der Waals surface area contributed by atoms with Gasteiger partial charge < -0.3 is 10.8 Å². The Morgan fingerprint density at radius 2 is 2.00 bits per heavy atom. The molecule has 5 heteroatoms. The van der Waals surface area contributed by atoms with Crippen LogP contribution in [0.3, 0.4) is 0 Å². The fourth-order valence-corrected chi connectivity index (χ4v) is 3.06. The van der Waals surface area contributed by atoms with Crippen molar-refractivity contribution in [3.8, 4) is 0 Å². The number of nitrogen functional groups attached to an aromatic ring is 1. The lowest BCUT2D eigenvalue weighted by Crippen LogP contribution is -1.99. The van der Waals surface area contributed by atoms with Gasteiger partial charge in [-0.2, -0.15) is 0 Å². The molecule has 2 rings (SSSR count). The Hall–Kier alpha value is -1.46. The van der Waals surface area contributed by atoms with Crippen LogP contribution in [0, 0.1) is 0 Å². The van der Waals surface area contributed by atoms with Gasteiger partial charge in [0, 0.05) is 20.0 Å². The monoisotopic (exact) mass is 323 g/mol. The zero-order chi connectivity index (χ0) is 13.1. The summed E-state index contributed by atoms with van der Waals surface area (Å²) < 4.78 is 0.952. The molecular weight excluding hydrogens is 314 g/mol. The Morgan fingerprint density at radius 1 is 1.22 bits per heavy atom. The van der Waals surface area contributed by atoms with Crippen molar-refractivity contribution in [1.29, 1.82) is 0 Å². The van der Waals surface area contributed by atoms with Crippen LogP contribution in [0.5, 0.6) is 0 Å². The second-order valence-corrected chi connectivity index (χ2v) is 5.65. The van der Waals surface area contributed by atoms with E-state index in [1.807, 2.05) is 24.3 Å². The largest absolute Gasteiger partial charge is 0.478 e. The summed E-state index contributed by atoms with van der Waals surface area (Å²) in [7, 11) is 0. The van der Waals surface area contributed by atoms with Crippen LogP contribution in [0.2, 0.25) is 0 Å². The minimum absolute atomic E-state index is 0.258. The molecule has 0 unspecified atom stereocenters. The van der Waals surface area contributed by atoms with Crippen LogP contribution in [0.25, 0.3) is 0 Å². The van der Waals surface area contributed by atoms with Gasteiger partial charge in [-0.05, 0) is 36.4 Å². The van der Waals surface area contributed by atoms with E-state index in [0.717, 1.165) is 9.37 Å². The number of aromatic carboxylic acids is 1. The fourth-order valence-electron chi connectivity index (χ4n) is 1.46. The van der Waals surface area contributed by atoms with Crippen LogP contribution in [-0.4, -0.2) is 11.1 Å². The number of halogens is 1. The molecule has 3 nitrogen and oxygen atoms in total. The predicted molar refractivity (Wildman–Crippen MR) is 76.1 cm³/mol. The first-order chi connectivity index (χ1) is 8.56. The molecule has 0 amide bonds. The number of carboxylic acids is 1. The standard InChI is InChI=1S/C13H10BrNO2S/c14-8-2-1-3-10(6-8)18-12-7-9(15)4-5-11(12)13(16)17/h1-7H,15H2,(H,16,17). The molecule has 0 atom stereocenters. The highest BCUT2D eigenvalue weighted by atomic mass is 79.9. The number of hydrogen-bond donors (Lipinski definition) is 2. The molecule has 2 aromatic rings. The summed E-state index contributed by atoms with van der Waals surface area (Å²) in [4.78, 5) is 12.7. The Kier molecular flexibility index (Phi) is 3.93. The van der Waals surface area contributed by atoms with Gasteiger partial charge in [0.2, 0.25) is 0 Å². The average Bonchev–Trinajstić information content (AvgIpc) is 2.28. The van der Waals surface area contributed by atoms with Gasteiger partial charge in [0.05, 0.1) is 5.56 Å². The lowest BCUT2D eigenvalue weighted by Gasteiger charge is -2.07. The van der Waals surface area contributed by atoms with E-state index < -0.39 is 5.97 Å². The van der Waals surface area contributed by atoms with Gasteiger partial charge in [-0.3, -0.25) is 0 Å². The molecule has 0 aliphatic carbocycles. The molecule has 0 aromatic heterocycles. The summed E-state index contributed by atoms with van der Waals surface area (Å²) in [5.41, 5.74) is 6.51. The molecule has 2 aromatic carbocycles. The highest BCUT2D eigenvalue weighted by Crippen LogP contribution is 2.33. The van der Waals surface area contributed by atoms with Gasteiger partial charge in [-0.25, -0.2) is 4.79 Å². The summed E-state index contributed by atoms with van der Waals surface area (Å²) in [6.45, 7) is 0. The first-order valence-corrected chi connectivity index (χ1v) is 6.73. The summed E-state index contributed by atoms with van der Waals surface area (Å²) in [5, 5.41) is 9.13. The van der Waals surface area contributed by atoms with Gasteiger partial charge in [-0.15, -0.1) is 0 Å². The van der Waals surface area contributed by atoms with Gasteiger partial charge in [-0.1, -0.05) is 33.8 Å². The summed E-state index contributed by atoms with van der Waals surface area (Å²) in [6, 6.07) is 12.5. The Morgan fingerprint density at radius 3 is 2.67 bits per heavy atom. The zero-order valence-corrected chi connectivity index (χ0v) is 11.7. The molecule has 92 valence electrons. The lowest BCUT2D eigenvalue weighted by atomic mass is 10.2. The molecule has 0 radical (unpaired) electrons. The molecule has 0 spiro atoms. The minimum Gasteiger partial charge on any atom is -0.478 e. The second kappa shape index (κ2) is 5.46. The van der Waals surface area contributed by atoms with Crippen molar-refractivity contribution >= 4 is 39.3 Å². The fraction of sp³-hybridized carbons (Fsp3) is 0. The van der Waals surface area contributed by atoms with Crippen LogP contribution in [-0.2, 0) is 0 Å². The maximum absolute atomic E-state index is 11.1. The van der Waals surface area contributed by atoms with Crippen LogP contribution in [0.1, 0.15) is 10.4 Å². The van der Waals surface area contributed by atoms with E-state index in [1.165, 1.54) is 17.8 Å². The van der Waals surface area contributed by atoms with Gasteiger partial charge in [0.1, 0.15) is 0 Å². The quantitative estimate of drug-likeness (QED) is 0.841. The molecule has 0 bridgehead atoms. The van der Waals surface area contributed by atoms with Crippen LogP contribution >= 0.6 is 27.7 Å². The molecule has 0 saturated carbocycles. The third kappa shape index (κ3) is 3.05. The van der Waals surface area contributed by atoms with Crippen LogP contribution < -0.4 is 5.73 Å². The van der Waals surface area contributed by atoms with Crippen molar-refractivity contribution in [3.05, 3.63) is 52.5 Å². The van der Waals surface area contributed by atoms with Crippen LogP contribution in [0.15, 0.2) is 56.7 Å². The lowest BCUT2D eigenvalue weighted by molar-refractivity contribution is 0.0693. The first kappa shape index (κ1) is 13.0. The number of carboxylic acid groups (broad SMARTS) is 1. The maximum atomic E-state index is 11.1. The Balaban J connectivity index is 2.39. The number of benzene rings is 2. The van der Waals surface area contributed by atoms with E-state index in [9.17, 15) is 4.79 Å². The van der Waals surface area contributed by atoms with Crippen molar-refractivity contribution in [3.63, 3.8) is 0 Å². The highest BCUT2D eigenvalue weighted by molar-refractivity contribution is 9.10. The smallest absolute Gasteiger partial charge is 0.336 e. The average molecular weight is 324 g/mol. The molecule has 0 aliphatic rings. The SMILES string of the molecule is Nc1ccc(C(=O)O)c(Sc2cccc(Br)c2)c1. The Bertz CT molecular complexity index is 601. The zero-order valence-electron chi connectivity index (χ0n) is 9.26. The molecule has 0 heterocycles. The maximum Gasteiger partial charge on any atom is 0.336 e. The van der Waals surface area contributed by atoms with E-state index in [-0.39, 0.29) is 5.56 Å². The van der Waals surface area contributed by atoms with Crippen LogP contribution in [0.4, 0.5) is 5.69 Å². The molecular formula is C13H10BrNO2S. The number of carbonyl (C=O) groups is 1. The highest BCUT2D eigenvalue weighted by Gasteiger charge is 2.11. The van der Waals surface area contributed by atoms with Crippen molar-refractivity contribution in [1.82, 2.24) is 0 Å². The van der Waals surface area contributed by atoms with E-state index >= 15 is 0 Å². The molecule has 3 N–H and O–H groups in total. The predicted octanol–water partition coefficient (Wildman–Crippen LogP) is 3.88. The second-order valence-electron chi connectivity index (χ2n) is 3.62. The van der Waals surface area contributed by atoms with Crippen molar-refractivity contribution < 1.29 is 9.90 Å². The molecule has 0 saturated heterocycles. The number of rotatable bonds is 3. The topological polar surface area (TPSA) is 63.3 Å². The van der Waals surface area contributed by atoms with E-state index in [1.54, 1.807) is 12.1 Å².